The van der Waals surface area contributed by atoms with Crippen LogP contribution in [0.4, 0.5) is 0 Å². The minimum atomic E-state index is 0.626. The van der Waals surface area contributed by atoms with E-state index in [1.54, 1.807) is 11.1 Å². The summed E-state index contributed by atoms with van der Waals surface area (Å²) in [5.74, 6) is 1.01. The van der Waals surface area contributed by atoms with Gasteiger partial charge in [0.2, 0.25) is 0 Å². The highest BCUT2D eigenvalue weighted by Crippen LogP contribution is 2.62. The van der Waals surface area contributed by atoms with Crippen molar-refractivity contribution >= 4 is 0 Å². The fourth-order valence-electron chi connectivity index (χ4n) is 4.17. The molecule has 0 nitrogen and oxygen atoms in total. The second kappa shape index (κ2) is 5.07. The third-order valence-electron chi connectivity index (χ3n) is 5.26. The molecule has 2 aliphatic rings. The Morgan fingerprint density at radius 3 is 2.94 bits per heavy atom. The molecule has 1 fully saturated rings. The maximum Gasteiger partial charge on any atom is -0.00126 e. The minimum absolute atomic E-state index is 0.626. The van der Waals surface area contributed by atoms with Crippen LogP contribution in [0.1, 0.15) is 69.4 Å². The van der Waals surface area contributed by atoms with Gasteiger partial charge in [0.1, 0.15) is 0 Å². The first-order chi connectivity index (χ1) is 8.87. The summed E-state index contributed by atoms with van der Waals surface area (Å²) in [7, 11) is 0. The molecule has 0 aromatic heterocycles. The molecule has 0 heteroatoms. The Morgan fingerprint density at radius 2 is 2.06 bits per heavy atom. The van der Waals surface area contributed by atoms with Crippen molar-refractivity contribution in [1.82, 2.24) is 0 Å². The molecule has 0 bridgehead atoms. The zero-order valence-corrected chi connectivity index (χ0v) is 11.8. The van der Waals surface area contributed by atoms with E-state index in [-0.39, 0.29) is 0 Å². The van der Waals surface area contributed by atoms with Gasteiger partial charge < -0.3 is 0 Å². The molecule has 1 saturated carbocycles. The molecule has 1 aromatic rings. The lowest BCUT2D eigenvalue weighted by atomic mass is 9.78. The van der Waals surface area contributed by atoms with Crippen LogP contribution in [0, 0.1) is 5.92 Å². The van der Waals surface area contributed by atoms with E-state index in [9.17, 15) is 0 Å². The third kappa shape index (κ3) is 2.11. The highest BCUT2D eigenvalue weighted by molar-refractivity contribution is 5.42. The van der Waals surface area contributed by atoms with Crippen molar-refractivity contribution in [2.45, 2.75) is 70.1 Å². The van der Waals surface area contributed by atoms with E-state index in [2.05, 4.69) is 31.2 Å². The molecule has 0 aliphatic heterocycles. The van der Waals surface area contributed by atoms with Crippen molar-refractivity contribution in [3.63, 3.8) is 0 Å². The molecule has 2 atom stereocenters. The first-order valence-electron chi connectivity index (χ1n) is 7.95. The normalized spacial score (nSPS) is 29.3. The van der Waals surface area contributed by atoms with E-state index in [1.807, 2.05) is 0 Å². The van der Waals surface area contributed by atoms with Crippen molar-refractivity contribution in [2.75, 3.05) is 0 Å². The van der Waals surface area contributed by atoms with Gasteiger partial charge in [0.05, 0.1) is 0 Å². The predicted molar refractivity (Wildman–Crippen MR) is 77.9 cm³/mol. The van der Waals surface area contributed by atoms with Crippen molar-refractivity contribution in [3.05, 3.63) is 35.4 Å². The summed E-state index contributed by atoms with van der Waals surface area (Å²) < 4.78 is 0. The summed E-state index contributed by atoms with van der Waals surface area (Å²) in [5, 5.41) is 0. The van der Waals surface area contributed by atoms with Crippen LogP contribution in [0.5, 0.6) is 0 Å². The molecule has 3 rings (SSSR count). The summed E-state index contributed by atoms with van der Waals surface area (Å²) >= 11 is 0. The van der Waals surface area contributed by atoms with E-state index in [0.29, 0.717) is 5.41 Å². The molecule has 1 aromatic carbocycles. The van der Waals surface area contributed by atoms with Crippen LogP contribution >= 0.6 is 0 Å². The smallest absolute Gasteiger partial charge is 0.00126 e. The molecule has 18 heavy (non-hydrogen) atoms. The van der Waals surface area contributed by atoms with Gasteiger partial charge in [0.15, 0.2) is 0 Å². The van der Waals surface area contributed by atoms with E-state index >= 15 is 0 Å². The van der Waals surface area contributed by atoms with Gasteiger partial charge in [-0.15, -0.1) is 0 Å². The van der Waals surface area contributed by atoms with Gasteiger partial charge >= 0.3 is 0 Å². The maximum absolute atomic E-state index is 2.42. The monoisotopic (exact) mass is 242 g/mol. The second-order valence-electron chi connectivity index (χ2n) is 6.42. The topological polar surface area (TPSA) is 0 Å². The zero-order chi connectivity index (χ0) is 12.4. The lowest BCUT2D eigenvalue weighted by Crippen LogP contribution is -2.18. The standard InChI is InChI=1S/C18H26/c1-2-3-4-5-11-16-14-18(16)13-8-10-15-9-6-7-12-17(15)18/h6-7,9,12,16H,2-5,8,10-11,13-14H2,1H3/t16-,18-/m1/s1. The SMILES string of the molecule is CCCCCC[C@@H]1C[C@]12CCCc1ccccc12. The van der Waals surface area contributed by atoms with Crippen LogP contribution in [0.3, 0.4) is 0 Å². The fourth-order valence-corrected chi connectivity index (χ4v) is 4.17. The summed E-state index contributed by atoms with van der Waals surface area (Å²) in [4.78, 5) is 0. The van der Waals surface area contributed by atoms with Crippen LogP contribution in [0.25, 0.3) is 0 Å². The van der Waals surface area contributed by atoms with Gasteiger partial charge in [-0.05, 0) is 54.6 Å². The number of benzene rings is 1. The average Bonchev–Trinajstić information content (AvgIpc) is 3.09. The zero-order valence-electron chi connectivity index (χ0n) is 11.8. The molecule has 1 spiro atoms. The number of fused-ring (bicyclic) bond motifs is 2. The van der Waals surface area contributed by atoms with Crippen LogP contribution in [0.15, 0.2) is 24.3 Å². The second-order valence-corrected chi connectivity index (χ2v) is 6.42. The average molecular weight is 242 g/mol. The van der Waals surface area contributed by atoms with Crippen molar-refractivity contribution in [2.24, 2.45) is 5.92 Å². The molecule has 2 aliphatic carbocycles. The van der Waals surface area contributed by atoms with Gasteiger partial charge in [-0.3, -0.25) is 0 Å². The summed E-state index contributed by atoms with van der Waals surface area (Å²) in [6.45, 7) is 2.30. The van der Waals surface area contributed by atoms with Crippen LogP contribution in [0.2, 0.25) is 0 Å². The van der Waals surface area contributed by atoms with Gasteiger partial charge in [-0.1, -0.05) is 56.9 Å². The molecule has 0 heterocycles. The van der Waals surface area contributed by atoms with Crippen LogP contribution in [-0.2, 0) is 11.8 Å². The number of rotatable bonds is 5. The molecule has 98 valence electrons. The minimum Gasteiger partial charge on any atom is -0.0654 e. The van der Waals surface area contributed by atoms with E-state index in [0.717, 1.165) is 5.92 Å². The lowest BCUT2D eigenvalue weighted by molar-refractivity contribution is 0.469. The van der Waals surface area contributed by atoms with Gasteiger partial charge in [0, 0.05) is 0 Å². The first-order valence-corrected chi connectivity index (χ1v) is 7.95. The highest BCUT2D eigenvalue weighted by Gasteiger charge is 2.55. The summed E-state index contributed by atoms with van der Waals surface area (Å²) in [6, 6.07) is 9.25. The molecular weight excluding hydrogens is 216 g/mol. The quantitative estimate of drug-likeness (QED) is 0.618. The Bertz CT molecular complexity index is 406. The molecule has 0 amide bonds. The largest absolute Gasteiger partial charge is 0.0654 e. The van der Waals surface area contributed by atoms with Crippen molar-refractivity contribution in [1.29, 1.82) is 0 Å². The Labute approximate surface area is 112 Å². The maximum atomic E-state index is 2.42. The Morgan fingerprint density at radius 1 is 1.17 bits per heavy atom. The van der Waals surface area contributed by atoms with Gasteiger partial charge in [-0.25, -0.2) is 0 Å². The van der Waals surface area contributed by atoms with Crippen LogP contribution in [-0.4, -0.2) is 0 Å². The third-order valence-corrected chi connectivity index (χ3v) is 5.26. The van der Waals surface area contributed by atoms with E-state index in [4.69, 9.17) is 0 Å². The Hall–Kier alpha value is -0.780. The molecule has 0 N–H and O–H groups in total. The summed E-state index contributed by atoms with van der Waals surface area (Å²) in [6.07, 6.45) is 12.9. The van der Waals surface area contributed by atoms with E-state index < -0.39 is 0 Å². The molecule has 0 radical (unpaired) electrons. The van der Waals surface area contributed by atoms with Crippen LogP contribution < -0.4 is 0 Å². The highest BCUT2D eigenvalue weighted by atomic mass is 14.6. The summed E-state index contributed by atoms with van der Waals surface area (Å²) in [5.41, 5.74) is 4.00. The van der Waals surface area contributed by atoms with E-state index in [1.165, 1.54) is 57.8 Å². The fraction of sp³-hybridized carbons (Fsp3) is 0.667. The van der Waals surface area contributed by atoms with Crippen molar-refractivity contribution in [3.8, 4) is 0 Å². The molecular formula is C18H26. The molecule has 0 unspecified atom stereocenters. The number of hydrogen-bond donors (Lipinski definition) is 0. The lowest BCUT2D eigenvalue weighted by Gasteiger charge is -2.26. The van der Waals surface area contributed by atoms with Gasteiger partial charge in [-0.2, -0.15) is 0 Å². The molecule has 0 saturated heterocycles. The predicted octanol–water partition coefficient (Wildman–Crippen LogP) is 5.25. The Balaban J connectivity index is 1.64. The van der Waals surface area contributed by atoms with Gasteiger partial charge in [0.25, 0.3) is 0 Å². The first kappa shape index (κ1) is 12.3. The number of aryl methyl sites for hydroxylation is 1. The van der Waals surface area contributed by atoms with Crippen molar-refractivity contribution < 1.29 is 0 Å². The Kier molecular flexibility index (Phi) is 3.46. The number of hydrogen-bond acceptors (Lipinski definition) is 0. The number of unbranched alkanes of at least 4 members (excludes halogenated alkanes) is 3.